The maximum absolute atomic E-state index is 3.58. The van der Waals surface area contributed by atoms with E-state index in [9.17, 15) is 0 Å². The van der Waals surface area contributed by atoms with Gasteiger partial charge in [-0.15, -0.1) is 11.3 Å². The molecule has 1 aromatic heterocycles. The normalized spacial score (nSPS) is 11.0. The number of para-hydroxylation sites is 1. The van der Waals surface area contributed by atoms with Gasteiger partial charge >= 0.3 is 0 Å². The van der Waals surface area contributed by atoms with Gasteiger partial charge in [-0.3, -0.25) is 0 Å². The topological polar surface area (TPSA) is 12.0 Å². The molecule has 0 saturated carbocycles. The van der Waals surface area contributed by atoms with E-state index in [1.165, 1.54) is 31.8 Å². The summed E-state index contributed by atoms with van der Waals surface area (Å²) in [7, 11) is 0. The van der Waals surface area contributed by atoms with E-state index in [0.29, 0.717) is 0 Å². The number of benzene rings is 2. The molecule has 2 aromatic carbocycles. The number of hydrogen-bond donors (Lipinski definition) is 1. The van der Waals surface area contributed by atoms with Crippen molar-refractivity contribution in [2.75, 3.05) is 5.32 Å². The van der Waals surface area contributed by atoms with Gasteiger partial charge in [0.2, 0.25) is 0 Å². The summed E-state index contributed by atoms with van der Waals surface area (Å²) in [5, 5.41) is 4.90. The minimum Gasteiger partial charge on any atom is -0.354 e. The van der Waals surface area contributed by atoms with Crippen LogP contribution in [-0.2, 0) is 0 Å². The summed E-state index contributed by atoms with van der Waals surface area (Å²) in [5.41, 5.74) is 4.94. The Bertz CT molecular complexity index is 789. The molecule has 3 rings (SSSR count). The van der Waals surface area contributed by atoms with E-state index in [1.807, 2.05) is 23.5 Å². The summed E-state index contributed by atoms with van der Waals surface area (Å²) in [5.74, 6) is 0. The quantitative estimate of drug-likeness (QED) is 0.571. The molecule has 0 bridgehead atoms. The molecule has 20 heavy (non-hydrogen) atoms. The molecular weight excluding hydrogens is 330 g/mol. The summed E-state index contributed by atoms with van der Waals surface area (Å²) >= 11 is 5.45. The standard InChI is InChI=1S/C17H16BrNS/c1-10-8-13-11(2)12(3)20-17(13)9-16(10)19-15-7-5-4-6-14(15)18/h4-9,19H,1-3H3. The Hall–Kier alpha value is -1.32. The van der Waals surface area contributed by atoms with E-state index < -0.39 is 0 Å². The van der Waals surface area contributed by atoms with E-state index in [2.05, 4.69) is 66.3 Å². The number of rotatable bonds is 2. The van der Waals surface area contributed by atoms with Crippen molar-refractivity contribution >= 4 is 48.7 Å². The van der Waals surface area contributed by atoms with Crippen LogP contribution < -0.4 is 5.32 Å². The lowest BCUT2D eigenvalue weighted by atomic mass is 10.1. The minimum absolute atomic E-state index is 1.08. The first-order valence-corrected chi connectivity index (χ1v) is 8.19. The van der Waals surface area contributed by atoms with Crippen molar-refractivity contribution in [3.05, 3.63) is 56.9 Å². The summed E-state index contributed by atoms with van der Waals surface area (Å²) in [6.07, 6.45) is 0. The number of fused-ring (bicyclic) bond motifs is 1. The fraction of sp³-hybridized carbons (Fsp3) is 0.176. The van der Waals surface area contributed by atoms with Crippen LogP contribution in [0.4, 0.5) is 11.4 Å². The number of hydrogen-bond acceptors (Lipinski definition) is 2. The summed E-state index contributed by atoms with van der Waals surface area (Å²) in [6, 6.07) is 12.7. The average molecular weight is 346 g/mol. The second kappa shape index (κ2) is 5.23. The van der Waals surface area contributed by atoms with Crippen LogP contribution in [-0.4, -0.2) is 0 Å². The minimum atomic E-state index is 1.08. The molecule has 0 spiro atoms. The van der Waals surface area contributed by atoms with Gasteiger partial charge in [-0.25, -0.2) is 0 Å². The number of anilines is 2. The van der Waals surface area contributed by atoms with Crippen molar-refractivity contribution in [2.24, 2.45) is 0 Å². The van der Waals surface area contributed by atoms with Crippen LogP contribution in [0.3, 0.4) is 0 Å². The second-order valence-electron chi connectivity index (χ2n) is 5.05. The average Bonchev–Trinajstić information content (AvgIpc) is 2.69. The predicted molar refractivity (Wildman–Crippen MR) is 93.5 cm³/mol. The van der Waals surface area contributed by atoms with Gasteiger partial charge in [0.05, 0.1) is 5.69 Å². The van der Waals surface area contributed by atoms with Crippen LogP contribution in [0, 0.1) is 20.8 Å². The fourth-order valence-electron chi connectivity index (χ4n) is 2.34. The molecule has 0 atom stereocenters. The fourth-order valence-corrected chi connectivity index (χ4v) is 3.81. The van der Waals surface area contributed by atoms with Crippen molar-refractivity contribution < 1.29 is 0 Å². The molecule has 0 aliphatic heterocycles. The summed E-state index contributed by atoms with van der Waals surface area (Å²) in [6.45, 7) is 6.55. The van der Waals surface area contributed by atoms with Gasteiger partial charge in [0.15, 0.2) is 0 Å². The first-order valence-electron chi connectivity index (χ1n) is 6.58. The molecule has 0 saturated heterocycles. The Balaban J connectivity index is 2.08. The Morgan fingerprint density at radius 2 is 1.75 bits per heavy atom. The lowest BCUT2D eigenvalue weighted by Crippen LogP contribution is -1.93. The van der Waals surface area contributed by atoms with E-state index >= 15 is 0 Å². The molecule has 1 nitrogen and oxygen atoms in total. The van der Waals surface area contributed by atoms with E-state index in [1.54, 1.807) is 0 Å². The van der Waals surface area contributed by atoms with Crippen LogP contribution >= 0.6 is 27.3 Å². The Labute approximate surface area is 131 Å². The molecule has 3 aromatic rings. The van der Waals surface area contributed by atoms with E-state index in [-0.39, 0.29) is 0 Å². The van der Waals surface area contributed by atoms with Gasteiger partial charge in [0, 0.05) is 19.7 Å². The van der Waals surface area contributed by atoms with Crippen LogP contribution in [0.1, 0.15) is 16.0 Å². The van der Waals surface area contributed by atoms with Crippen molar-refractivity contribution in [1.29, 1.82) is 0 Å². The molecular formula is C17H16BrNS. The van der Waals surface area contributed by atoms with Gasteiger partial charge in [-0.2, -0.15) is 0 Å². The molecule has 0 aliphatic rings. The molecule has 3 heteroatoms. The molecule has 0 radical (unpaired) electrons. The third kappa shape index (κ3) is 2.36. The van der Waals surface area contributed by atoms with E-state index in [0.717, 1.165) is 10.2 Å². The van der Waals surface area contributed by atoms with Gasteiger partial charge in [-0.1, -0.05) is 12.1 Å². The third-order valence-corrected chi connectivity index (χ3v) is 5.53. The van der Waals surface area contributed by atoms with Gasteiger partial charge in [-0.05, 0) is 77.5 Å². The zero-order valence-corrected chi connectivity index (χ0v) is 14.2. The number of thiophene rings is 1. The monoisotopic (exact) mass is 345 g/mol. The zero-order chi connectivity index (χ0) is 14.3. The maximum atomic E-state index is 3.58. The van der Waals surface area contributed by atoms with E-state index in [4.69, 9.17) is 0 Å². The van der Waals surface area contributed by atoms with Crippen molar-refractivity contribution in [3.8, 4) is 0 Å². The highest BCUT2D eigenvalue weighted by Gasteiger charge is 2.09. The molecule has 0 unspecified atom stereocenters. The molecule has 1 N–H and O–H groups in total. The molecule has 0 amide bonds. The Morgan fingerprint density at radius 3 is 2.50 bits per heavy atom. The predicted octanol–water partition coefficient (Wildman–Crippen LogP) is 6.33. The molecule has 102 valence electrons. The maximum Gasteiger partial charge on any atom is 0.0528 e. The van der Waals surface area contributed by atoms with Gasteiger partial charge in [0.25, 0.3) is 0 Å². The molecule has 0 aliphatic carbocycles. The van der Waals surface area contributed by atoms with Crippen LogP contribution in [0.2, 0.25) is 0 Å². The van der Waals surface area contributed by atoms with Gasteiger partial charge in [0.1, 0.15) is 0 Å². The van der Waals surface area contributed by atoms with Crippen molar-refractivity contribution in [3.63, 3.8) is 0 Å². The largest absolute Gasteiger partial charge is 0.354 e. The highest BCUT2D eigenvalue weighted by Crippen LogP contribution is 2.35. The lowest BCUT2D eigenvalue weighted by Gasteiger charge is -2.11. The van der Waals surface area contributed by atoms with Crippen LogP contribution in [0.5, 0.6) is 0 Å². The number of nitrogens with one attached hydrogen (secondary N) is 1. The SMILES string of the molecule is Cc1cc2c(C)c(C)sc2cc1Nc1ccccc1Br. The van der Waals surface area contributed by atoms with Crippen LogP contribution in [0.15, 0.2) is 40.9 Å². The van der Waals surface area contributed by atoms with Crippen molar-refractivity contribution in [2.45, 2.75) is 20.8 Å². The summed E-state index contributed by atoms with van der Waals surface area (Å²) in [4.78, 5) is 1.40. The smallest absolute Gasteiger partial charge is 0.0528 e. The number of halogens is 1. The van der Waals surface area contributed by atoms with Gasteiger partial charge < -0.3 is 5.32 Å². The third-order valence-electron chi connectivity index (χ3n) is 3.66. The first-order chi connectivity index (χ1) is 9.56. The van der Waals surface area contributed by atoms with Crippen molar-refractivity contribution in [1.82, 2.24) is 0 Å². The molecule has 0 fully saturated rings. The Morgan fingerprint density at radius 1 is 1.00 bits per heavy atom. The zero-order valence-electron chi connectivity index (χ0n) is 11.8. The highest BCUT2D eigenvalue weighted by atomic mass is 79.9. The Kier molecular flexibility index (Phi) is 3.57. The first kappa shape index (κ1) is 13.7. The molecule has 1 heterocycles. The second-order valence-corrected chi connectivity index (χ2v) is 7.16. The lowest BCUT2D eigenvalue weighted by molar-refractivity contribution is 1.43. The highest BCUT2D eigenvalue weighted by molar-refractivity contribution is 9.10. The van der Waals surface area contributed by atoms with Crippen LogP contribution in [0.25, 0.3) is 10.1 Å². The number of aryl methyl sites for hydroxylation is 3. The summed E-state index contributed by atoms with van der Waals surface area (Å²) < 4.78 is 2.43.